The average Bonchev–Trinajstić information content (AvgIpc) is 3.61. The first kappa shape index (κ1) is 32.7. The van der Waals surface area contributed by atoms with E-state index in [0.717, 1.165) is 19.5 Å². The van der Waals surface area contributed by atoms with Crippen LogP contribution < -0.4 is 9.64 Å². The average molecular weight is 677 g/mol. The van der Waals surface area contributed by atoms with Gasteiger partial charge in [-0.25, -0.2) is 14.6 Å². The fourth-order valence-electron chi connectivity index (χ4n) is 5.63. The number of carbonyl (C=O) groups is 2. The smallest absolute Gasteiger partial charge is 0.416 e. The number of aromatic carboxylic acids is 1. The second-order valence-electron chi connectivity index (χ2n) is 11.3. The lowest BCUT2D eigenvalue weighted by molar-refractivity contribution is -0.143. The summed E-state index contributed by atoms with van der Waals surface area (Å²) in [7, 11) is 1.44. The molecule has 2 aliphatic rings. The number of methoxy groups -OCH3 is 1. The highest BCUT2D eigenvalue weighted by Gasteiger charge is 2.43. The Morgan fingerprint density at radius 3 is 2.23 bits per heavy atom. The molecule has 48 heavy (non-hydrogen) atoms. The highest BCUT2D eigenvalue weighted by Crippen LogP contribution is 2.42. The molecule has 252 valence electrons. The van der Waals surface area contributed by atoms with Crippen LogP contribution in [-0.4, -0.2) is 58.5 Å². The maximum atomic E-state index is 13.6. The first-order chi connectivity index (χ1) is 22.6. The van der Waals surface area contributed by atoms with E-state index in [1.54, 1.807) is 30.3 Å². The van der Waals surface area contributed by atoms with Gasteiger partial charge in [0.2, 0.25) is 5.76 Å². The molecule has 6 rings (SSSR count). The largest absolute Gasteiger partial charge is 0.496 e. The minimum atomic E-state index is -5.08. The van der Waals surface area contributed by atoms with Gasteiger partial charge in [-0.1, -0.05) is 5.16 Å². The molecular formula is C32H26F6N4O6. The number of carboxylic acids is 1. The van der Waals surface area contributed by atoms with Crippen LogP contribution in [0.3, 0.4) is 0 Å². The standard InChI is InChI=1S/C32H26F6N4O6/c1-16-28(18-10-19(31(33,34)35)13-20(11-18)32(36,37)38)47-30(45)42(16)15-24-21(5-7-27(39-24)41-8-3-9-41)22-12-17(4-6-25(22)46-2)23-14-26(29(43)44)48-40-23/h4-7,10-14,16,28H,3,8-9,15H2,1-2H3,(H,43,44). The molecule has 2 saturated heterocycles. The molecule has 2 aliphatic heterocycles. The zero-order chi connectivity index (χ0) is 34.5. The number of halogens is 6. The molecule has 1 amide bonds. The van der Waals surface area contributed by atoms with Gasteiger partial charge < -0.3 is 24.0 Å². The van der Waals surface area contributed by atoms with E-state index in [1.165, 1.54) is 25.0 Å². The predicted octanol–water partition coefficient (Wildman–Crippen LogP) is 7.44. The van der Waals surface area contributed by atoms with Crippen LogP contribution in [0.5, 0.6) is 5.75 Å². The maximum absolute atomic E-state index is 13.6. The van der Waals surface area contributed by atoms with Crippen LogP contribution in [0.4, 0.5) is 37.0 Å². The molecule has 16 heteroatoms. The van der Waals surface area contributed by atoms with Gasteiger partial charge in [0.1, 0.15) is 23.4 Å². The summed E-state index contributed by atoms with van der Waals surface area (Å²) < 4.78 is 97.5. The van der Waals surface area contributed by atoms with Crippen LogP contribution in [0.1, 0.15) is 52.4 Å². The molecule has 2 atom stereocenters. The van der Waals surface area contributed by atoms with Gasteiger partial charge in [-0.05, 0) is 67.4 Å². The molecule has 0 saturated carbocycles. The lowest BCUT2D eigenvalue weighted by Gasteiger charge is -2.33. The zero-order valence-corrected chi connectivity index (χ0v) is 25.2. The monoisotopic (exact) mass is 676 g/mol. The Kier molecular flexibility index (Phi) is 8.21. The summed E-state index contributed by atoms with van der Waals surface area (Å²) in [4.78, 5) is 32.6. The number of nitrogens with zero attached hydrogens (tertiary/aromatic N) is 4. The van der Waals surface area contributed by atoms with E-state index < -0.39 is 53.3 Å². The zero-order valence-electron chi connectivity index (χ0n) is 25.2. The number of amides is 1. The Labute approximate surface area is 268 Å². The van der Waals surface area contributed by atoms with Crippen LogP contribution in [0, 0.1) is 0 Å². The number of benzene rings is 2. The Morgan fingerprint density at radius 1 is 0.979 bits per heavy atom. The third-order valence-corrected chi connectivity index (χ3v) is 8.30. The Bertz CT molecular complexity index is 1860. The summed E-state index contributed by atoms with van der Waals surface area (Å²) in [5.74, 6) is -0.690. The van der Waals surface area contributed by atoms with E-state index in [-0.39, 0.29) is 24.1 Å². The molecule has 2 aromatic heterocycles. The van der Waals surface area contributed by atoms with Crippen molar-refractivity contribution < 1.29 is 55.0 Å². The predicted molar refractivity (Wildman–Crippen MR) is 156 cm³/mol. The first-order valence-electron chi connectivity index (χ1n) is 14.5. The van der Waals surface area contributed by atoms with Crippen molar-refractivity contribution in [2.45, 2.75) is 44.4 Å². The topological polar surface area (TPSA) is 118 Å². The molecule has 0 aliphatic carbocycles. The van der Waals surface area contributed by atoms with Crippen molar-refractivity contribution in [2.75, 3.05) is 25.1 Å². The van der Waals surface area contributed by atoms with Crippen molar-refractivity contribution in [3.8, 4) is 28.1 Å². The van der Waals surface area contributed by atoms with Crippen LogP contribution in [0.15, 0.2) is 59.1 Å². The number of aromatic nitrogens is 2. The molecule has 2 aromatic carbocycles. The van der Waals surface area contributed by atoms with Gasteiger partial charge in [-0.3, -0.25) is 4.90 Å². The van der Waals surface area contributed by atoms with Crippen molar-refractivity contribution in [1.29, 1.82) is 0 Å². The molecular weight excluding hydrogens is 650 g/mol. The number of rotatable bonds is 8. The van der Waals surface area contributed by atoms with Crippen LogP contribution in [-0.2, 0) is 23.6 Å². The fraction of sp³-hybridized carbons (Fsp3) is 0.312. The fourth-order valence-corrected chi connectivity index (χ4v) is 5.63. The summed E-state index contributed by atoms with van der Waals surface area (Å²) >= 11 is 0. The quantitative estimate of drug-likeness (QED) is 0.190. The van der Waals surface area contributed by atoms with Crippen molar-refractivity contribution in [1.82, 2.24) is 15.0 Å². The van der Waals surface area contributed by atoms with Gasteiger partial charge in [-0.2, -0.15) is 26.3 Å². The molecule has 0 bridgehead atoms. The first-order valence-corrected chi connectivity index (χ1v) is 14.5. The van der Waals surface area contributed by atoms with Crippen molar-refractivity contribution in [2.24, 2.45) is 0 Å². The third kappa shape index (κ3) is 6.21. The molecule has 0 spiro atoms. The number of cyclic esters (lactones) is 1. The molecule has 4 aromatic rings. The Balaban J connectivity index is 1.39. The minimum absolute atomic E-state index is 0.0171. The summed E-state index contributed by atoms with van der Waals surface area (Å²) in [5, 5.41) is 13.1. The second kappa shape index (κ2) is 12.1. The summed E-state index contributed by atoms with van der Waals surface area (Å²) in [6.45, 7) is 2.72. The van der Waals surface area contributed by atoms with Gasteiger partial charge in [-0.15, -0.1) is 0 Å². The van der Waals surface area contributed by atoms with E-state index in [0.29, 0.717) is 46.1 Å². The number of carboxylic acid groups (broad SMARTS) is 1. The molecule has 2 unspecified atom stereocenters. The van der Waals surface area contributed by atoms with Crippen LogP contribution in [0.2, 0.25) is 0 Å². The lowest BCUT2D eigenvalue weighted by Crippen LogP contribution is -2.38. The van der Waals surface area contributed by atoms with E-state index >= 15 is 0 Å². The molecule has 4 heterocycles. The summed E-state index contributed by atoms with van der Waals surface area (Å²) in [6.07, 6.45) is -11.6. The van der Waals surface area contributed by atoms with Gasteiger partial charge in [0, 0.05) is 35.8 Å². The van der Waals surface area contributed by atoms with Gasteiger partial charge >= 0.3 is 24.4 Å². The third-order valence-electron chi connectivity index (χ3n) is 8.30. The molecule has 1 N–H and O–H groups in total. The molecule has 2 fully saturated rings. The number of hydrogen-bond donors (Lipinski definition) is 1. The van der Waals surface area contributed by atoms with E-state index in [4.69, 9.17) is 19.0 Å². The molecule has 0 radical (unpaired) electrons. The van der Waals surface area contributed by atoms with Crippen molar-refractivity contribution in [3.05, 3.63) is 82.7 Å². The van der Waals surface area contributed by atoms with Crippen LogP contribution >= 0.6 is 0 Å². The van der Waals surface area contributed by atoms with Crippen LogP contribution in [0.25, 0.3) is 22.4 Å². The van der Waals surface area contributed by atoms with E-state index in [2.05, 4.69) is 5.16 Å². The highest BCUT2D eigenvalue weighted by atomic mass is 19.4. The molecule has 10 nitrogen and oxygen atoms in total. The lowest BCUT2D eigenvalue weighted by atomic mass is 9.96. The SMILES string of the molecule is COc1ccc(-c2cc(C(=O)O)on2)cc1-c1ccc(N2CCC2)nc1CN1C(=O)OC(c2cc(C(F)(F)F)cc(C(F)(F)F)c2)C1C. The van der Waals surface area contributed by atoms with E-state index in [9.17, 15) is 41.0 Å². The van der Waals surface area contributed by atoms with E-state index in [1.807, 2.05) is 4.90 Å². The Hall–Kier alpha value is -5.28. The number of carbonyl (C=O) groups excluding carboxylic acids is 1. The highest BCUT2D eigenvalue weighted by molar-refractivity contribution is 5.86. The number of pyridine rings is 1. The summed E-state index contributed by atoms with van der Waals surface area (Å²) in [5.41, 5.74) is -1.49. The number of hydrogen-bond acceptors (Lipinski definition) is 8. The van der Waals surface area contributed by atoms with Gasteiger partial charge in [0.25, 0.3) is 0 Å². The van der Waals surface area contributed by atoms with Crippen molar-refractivity contribution in [3.63, 3.8) is 0 Å². The minimum Gasteiger partial charge on any atom is -0.496 e. The number of ether oxygens (including phenoxy) is 2. The normalized spacial score (nSPS) is 18.1. The van der Waals surface area contributed by atoms with Gasteiger partial charge in [0.05, 0.1) is 36.5 Å². The number of anilines is 1. The maximum Gasteiger partial charge on any atom is 0.416 e. The second-order valence-corrected chi connectivity index (χ2v) is 11.3. The van der Waals surface area contributed by atoms with Crippen molar-refractivity contribution >= 4 is 17.9 Å². The van der Waals surface area contributed by atoms with Gasteiger partial charge in [0.15, 0.2) is 0 Å². The Morgan fingerprint density at radius 2 is 1.67 bits per heavy atom. The summed E-state index contributed by atoms with van der Waals surface area (Å²) in [6, 6.07) is 9.85. The number of alkyl halides is 6.